The van der Waals surface area contributed by atoms with Crippen LogP contribution in [0.3, 0.4) is 0 Å². The Labute approximate surface area is 159 Å². The van der Waals surface area contributed by atoms with Crippen molar-refractivity contribution < 1.29 is 9.90 Å². The van der Waals surface area contributed by atoms with Crippen molar-refractivity contribution in [2.24, 2.45) is 0 Å². The fourth-order valence-electron chi connectivity index (χ4n) is 3.25. The molecule has 4 rings (SSSR count). The molecule has 0 atom stereocenters. The zero-order valence-corrected chi connectivity index (χ0v) is 15.3. The van der Waals surface area contributed by atoms with Crippen LogP contribution in [0.2, 0.25) is 5.02 Å². The van der Waals surface area contributed by atoms with Crippen LogP contribution in [0.4, 0.5) is 0 Å². The molecule has 0 radical (unpaired) electrons. The summed E-state index contributed by atoms with van der Waals surface area (Å²) in [5.41, 5.74) is 3.65. The van der Waals surface area contributed by atoms with Crippen molar-refractivity contribution in [3.63, 3.8) is 0 Å². The highest BCUT2D eigenvalue weighted by molar-refractivity contribution is 7.17. The number of nitrogens with zero attached hydrogens (tertiary/aromatic N) is 1. The van der Waals surface area contributed by atoms with Gasteiger partial charge in [-0.25, -0.2) is 0 Å². The van der Waals surface area contributed by atoms with Gasteiger partial charge in [-0.2, -0.15) is 0 Å². The van der Waals surface area contributed by atoms with E-state index in [2.05, 4.69) is 15.9 Å². The molecule has 3 nitrogen and oxygen atoms in total. The average molecular weight is 380 g/mol. The van der Waals surface area contributed by atoms with Crippen LogP contribution < -0.4 is 0 Å². The quantitative estimate of drug-likeness (QED) is 0.497. The molecule has 2 aromatic carbocycles. The molecular weight excluding hydrogens is 366 g/mol. The van der Waals surface area contributed by atoms with Crippen molar-refractivity contribution in [1.29, 1.82) is 0 Å². The van der Waals surface area contributed by atoms with Crippen LogP contribution in [0.1, 0.15) is 16.7 Å². The van der Waals surface area contributed by atoms with E-state index in [4.69, 9.17) is 18.0 Å². The number of benzene rings is 2. The molecule has 26 heavy (non-hydrogen) atoms. The van der Waals surface area contributed by atoms with Crippen LogP contribution in [0.15, 0.2) is 48.0 Å². The molecule has 0 spiro atoms. The number of carboxylic acid groups (broad SMARTS) is 1. The second-order valence-electron chi connectivity index (χ2n) is 6.13. The predicted octanol–water partition coefficient (Wildman–Crippen LogP) is 5.17. The lowest BCUT2D eigenvalue weighted by Crippen LogP contribution is -2.00. The largest absolute Gasteiger partial charge is 0.481 e. The molecule has 0 aliphatic heterocycles. The zero-order valence-electron chi connectivity index (χ0n) is 13.7. The first-order valence-electron chi connectivity index (χ1n) is 8.01. The van der Waals surface area contributed by atoms with Gasteiger partial charge in [-0.1, -0.05) is 23.6 Å². The lowest BCUT2D eigenvalue weighted by atomic mass is 10.1. The molecule has 5 heteroatoms. The summed E-state index contributed by atoms with van der Waals surface area (Å²) in [6, 6.07) is 11.6. The van der Waals surface area contributed by atoms with Gasteiger partial charge in [0.05, 0.1) is 6.42 Å². The van der Waals surface area contributed by atoms with Gasteiger partial charge < -0.3 is 9.67 Å². The molecule has 2 aromatic heterocycles. The summed E-state index contributed by atoms with van der Waals surface area (Å²) in [6.45, 7) is 0.629. The average Bonchev–Trinajstić information content (AvgIpc) is 3.16. The maximum atomic E-state index is 11.2. The first kappa shape index (κ1) is 16.7. The molecule has 0 saturated carbocycles. The second kappa shape index (κ2) is 6.53. The summed E-state index contributed by atoms with van der Waals surface area (Å²) < 4.78 is 3.24. The summed E-state index contributed by atoms with van der Waals surface area (Å²) in [7, 11) is 0. The normalized spacial score (nSPS) is 11.1. The number of aliphatic carboxylic acids is 1. The van der Waals surface area contributed by atoms with Crippen molar-refractivity contribution in [2.75, 3.05) is 0 Å². The number of terminal acetylenes is 1. The highest BCUT2D eigenvalue weighted by atomic mass is 35.5. The number of hydrogen-bond acceptors (Lipinski definition) is 2. The Morgan fingerprint density at radius 2 is 2.04 bits per heavy atom. The molecule has 4 aromatic rings. The summed E-state index contributed by atoms with van der Waals surface area (Å²) in [5.74, 6) is 1.80. The van der Waals surface area contributed by atoms with Gasteiger partial charge in [-0.05, 0) is 52.2 Å². The third-order valence-electron chi connectivity index (χ3n) is 4.43. The Morgan fingerprint density at radius 1 is 1.19 bits per heavy atom. The highest BCUT2D eigenvalue weighted by Gasteiger charge is 2.14. The van der Waals surface area contributed by atoms with Gasteiger partial charge in [-0.3, -0.25) is 4.79 Å². The van der Waals surface area contributed by atoms with E-state index in [1.165, 1.54) is 4.70 Å². The van der Waals surface area contributed by atoms with E-state index in [1.54, 1.807) is 11.3 Å². The smallest absolute Gasteiger partial charge is 0.307 e. The van der Waals surface area contributed by atoms with Gasteiger partial charge >= 0.3 is 5.97 Å². The Bertz CT molecular complexity index is 1200. The first-order chi connectivity index (χ1) is 12.5. The minimum atomic E-state index is -0.849. The molecule has 128 valence electrons. The third kappa shape index (κ3) is 2.96. The molecule has 2 heterocycles. The number of thiophene rings is 1. The van der Waals surface area contributed by atoms with Gasteiger partial charge in [0, 0.05) is 38.9 Å². The Hall–Kier alpha value is -2.74. The van der Waals surface area contributed by atoms with Gasteiger partial charge in [0.1, 0.15) is 0 Å². The molecule has 0 unspecified atom stereocenters. The monoisotopic (exact) mass is 379 g/mol. The SMILES string of the molecule is C#Cc1ccc2c(CC(=O)O)cn(Cc3csc4ccc(Cl)cc34)c2c1. The highest BCUT2D eigenvalue weighted by Crippen LogP contribution is 2.31. The van der Waals surface area contributed by atoms with Crippen LogP contribution >= 0.6 is 22.9 Å². The third-order valence-corrected chi connectivity index (χ3v) is 5.68. The van der Waals surface area contributed by atoms with Crippen molar-refractivity contribution in [3.05, 3.63) is 69.7 Å². The maximum Gasteiger partial charge on any atom is 0.307 e. The first-order valence-corrected chi connectivity index (χ1v) is 9.26. The van der Waals surface area contributed by atoms with Crippen molar-refractivity contribution in [2.45, 2.75) is 13.0 Å². The van der Waals surface area contributed by atoms with Gasteiger partial charge in [0.15, 0.2) is 0 Å². The Kier molecular flexibility index (Phi) is 4.20. The molecule has 0 fully saturated rings. The van der Waals surface area contributed by atoms with Gasteiger partial charge in [0.25, 0.3) is 0 Å². The lowest BCUT2D eigenvalue weighted by Gasteiger charge is -2.05. The van der Waals surface area contributed by atoms with E-state index >= 15 is 0 Å². The van der Waals surface area contributed by atoms with Gasteiger partial charge in [0.2, 0.25) is 0 Å². The summed E-state index contributed by atoms with van der Waals surface area (Å²) in [6.07, 6.45) is 7.43. The molecule has 0 bridgehead atoms. The van der Waals surface area contributed by atoms with E-state index in [1.807, 2.05) is 42.6 Å². The molecule has 0 aliphatic carbocycles. The zero-order chi connectivity index (χ0) is 18.3. The number of carboxylic acids is 1. The molecule has 0 saturated heterocycles. The van der Waals surface area contributed by atoms with Gasteiger partial charge in [-0.15, -0.1) is 17.8 Å². The van der Waals surface area contributed by atoms with Crippen molar-refractivity contribution in [3.8, 4) is 12.3 Å². The molecule has 0 aliphatic rings. The van der Waals surface area contributed by atoms with Crippen LogP contribution in [-0.2, 0) is 17.8 Å². The fourth-order valence-corrected chi connectivity index (χ4v) is 4.36. The topological polar surface area (TPSA) is 42.2 Å². The van der Waals surface area contributed by atoms with E-state index in [0.29, 0.717) is 11.6 Å². The van der Waals surface area contributed by atoms with Crippen LogP contribution in [0, 0.1) is 12.3 Å². The molecular formula is C21H14ClNO2S. The number of fused-ring (bicyclic) bond motifs is 2. The Balaban J connectivity index is 1.85. The van der Waals surface area contributed by atoms with Crippen LogP contribution in [0.25, 0.3) is 21.0 Å². The van der Waals surface area contributed by atoms with Crippen molar-refractivity contribution >= 4 is 49.9 Å². The lowest BCUT2D eigenvalue weighted by molar-refractivity contribution is -0.136. The summed E-state index contributed by atoms with van der Waals surface area (Å²) in [5, 5.41) is 14.1. The summed E-state index contributed by atoms with van der Waals surface area (Å²) >= 11 is 7.83. The maximum absolute atomic E-state index is 11.2. The number of aromatic nitrogens is 1. The second-order valence-corrected chi connectivity index (χ2v) is 7.48. The summed E-state index contributed by atoms with van der Waals surface area (Å²) in [4.78, 5) is 11.2. The van der Waals surface area contributed by atoms with E-state index in [-0.39, 0.29) is 6.42 Å². The van der Waals surface area contributed by atoms with E-state index in [9.17, 15) is 9.90 Å². The number of rotatable bonds is 4. The minimum Gasteiger partial charge on any atom is -0.481 e. The van der Waals surface area contributed by atoms with E-state index in [0.717, 1.165) is 33.0 Å². The molecule has 1 N–H and O–H groups in total. The fraction of sp³-hybridized carbons (Fsp3) is 0.0952. The van der Waals surface area contributed by atoms with Crippen molar-refractivity contribution in [1.82, 2.24) is 4.57 Å². The molecule has 0 amide bonds. The van der Waals surface area contributed by atoms with E-state index < -0.39 is 5.97 Å². The Morgan fingerprint density at radius 3 is 2.81 bits per heavy atom. The standard InChI is InChI=1S/C21H14ClNO2S/c1-2-13-3-5-17-14(8-21(24)25)10-23(19(17)7-13)11-15-12-26-20-6-4-16(22)9-18(15)20/h1,3-7,9-10,12H,8,11H2,(H,24,25). The minimum absolute atomic E-state index is 0.0187. The number of halogens is 1. The number of hydrogen-bond donors (Lipinski definition) is 1. The van der Waals surface area contributed by atoms with Crippen LogP contribution in [-0.4, -0.2) is 15.6 Å². The van der Waals surface area contributed by atoms with Crippen LogP contribution in [0.5, 0.6) is 0 Å². The number of carbonyl (C=O) groups is 1. The predicted molar refractivity (Wildman–Crippen MR) is 107 cm³/mol.